The minimum Gasteiger partial charge on any atom is -0.464 e. The topological polar surface area (TPSA) is 96.0 Å². The van der Waals surface area contributed by atoms with Crippen molar-refractivity contribution in [2.75, 3.05) is 98.7 Å². The van der Waals surface area contributed by atoms with Crippen molar-refractivity contribution in [1.29, 1.82) is 0 Å². The van der Waals surface area contributed by atoms with Crippen LogP contribution in [0.25, 0.3) is 0 Å². The molecular weight excluding hydrogens is 528 g/mol. The summed E-state index contributed by atoms with van der Waals surface area (Å²) in [5, 5.41) is 0. The number of esters is 2. The SMILES string of the molecule is C.C.CCN(CC)CCOC(=O)C(C)(C)COCCOCC(C)OCCOCC(C)(C)C(=O)OCCN(CC)CC. The number of hydrogen-bond acceptors (Lipinski definition) is 10. The zero-order valence-electron chi connectivity index (χ0n) is 26.3. The van der Waals surface area contributed by atoms with Gasteiger partial charge in [0, 0.05) is 13.1 Å². The molecule has 0 saturated heterocycles. The van der Waals surface area contributed by atoms with E-state index in [2.05, 4.69) is 37.5 Å². The van der Waals surface area contributed by atoms with Gasteiger partial charge in [-0.05, 0) is 60.8 Å². The van der Waals surface area contributed by atoms with Crippen LogP contribution >= 0.6 is 0 Å². The molecular formula is C31H66N2O8. The second-order valence-corrected chi connectivity index (χ2v) is 11.0. The molecule has 10 nitrogen and oxygen atoms in total. The fourth-order valence-corrected chi connectivity index (χ4v) is 3.50. The lowest BCUT2D eigenvalue weighted by Gasteiger charge is -2.24. The number of carbonyl (C=O) groups excluding carboxylic acids is 2. The lowest BCUT2D eigenvalue weighted by Crippen LogP contribution is -2.35. The van der Waals surface area contributed by atoms with Crippen LogP contribution in [0.15, 0.2) is 0 Å². The molecule has 0 aliphatic carbocycles. The van der Waals surface area contributed by atoms with E-state index in [1.54, 1.807) is 0 Å². The summed E-state index contributed by atoms with van der Waals surface area (Å²) in [6.07, 6.45) is -0.108. The fourth-order valence-electron chi connectivity index (χ4n) is 3.50. The molecule has 0 fully saturated rings. The highest BCUT2D eigenvalue weighted by Crippen LogP contribution is 2.18. The summed E-state index contributed by atoms with van der Waals surface area (Å²) in [5.74, 6) is -0.509. The quantitative estimate of drug-likeness (QED) is 0.111. The van der Waals surface area contributed by atoms with Crippen molar-refractivity contribution in [2.24, 2.45) is 10.8 Å². The average molecular weight is 595 g/mol. The third kappa shape index (κ3) is 21.1. The maximum Gasteiger partial charge on any atom is 0.313 e. The molecule has 10 heteroatoms. The maximum atomic E-state index is 12.4. The van der Waals surface area contributed by atoms with Gasteiger partial charge in [-0.2, -0.15) is 0 Å². The normalized spacial score (nSPS) is 12.6. The summed E-state index contributed by atoms with van der Waals surface area (Å²) in [5.41, 5.74) is -1.43. The Morgan fingerprint density at radius 2 is 0.976 bits per heavy atom. The van der Waals surface area contributed by atoms with Crippen LogP contribution in [0.4, 0.5) is 0 Å². The highest BCUT2D eigenvalue weighted by Gasteiger charge is 2.30. The first kappa shape index (κ1) is 44.1. The average Bonchev–Trinajstić information content (AvgIpc) is 2.90. The van der Waals surface area contributed by atoms with Crippen LogP contribution in [0.2, 0.25) is 0 Å². The van der Waals surface area contributed by atoms with E-state index in [1.165, 1.54) is 0 Å². The molecule has 248 valence electrons. The molecule has 0 aliphatic heterocycles. The minimum absolute atomic E-state index is 0. The van der Waals surface area contributed by atoms with Gasteiger partial charge in [-0.25, -0.2) is 0 Å². The third-order valence-corrected chi connectivity index (χ3v) is 6.46. The van der Waals surface area contributed by atoms with Crippen molar-refractivity contribution in [1.82, 2.24) is 9.80 Å². The molecule has 0 saturated carbocycles. The molecule has 0 bridgehead atoms. The Kier molecular flexibility index (Phi) is 27.2. The molecule has 0 heterocycles. The molecule has 0 aromatic rings. The first-order valence-electron chi connectivity index (χ1n) is 14.6. The van der Waals surface area contributed by atoms with E-state index in [0.29, 0.717) is 46.2 Å². The Morgan fingerprint density at radius 1 is 0.610 bits per heavy atom. The monoisotopic (exact) mass is 594 g/mol. The molecule has 0 aliphatic rings. The summed E-state index contributed by atoms with van der Waals surface area (Å²) in [7, 11) is 0. The fraction of sp³-hybridized carbons (Fsp3) is 0.935. The van der Waals surface area contributed by atoms with Crippen LogP contribution in [0.3, 0.4) is 0 Å². The maximum absolute atomic E-state index is 12.4. The molecule has 0 aromatic heterocycles. The predicted molar refractivity (Wildman–Crippen MR) is 166 cm³/mol. The predicted octanol–water partition coefficient (Wildman–Crippen LogP) is 4.54. The summed E-state index contributed by atoms with van der Waals surface area (Å²) in [6, 6.07) is 0. The molecule has 41 heavy (non-hydrogen) atoms. The third-order valence-electron chi connectivity index (χ3n) is 6.46. The number of likely N-dealkylation sites (N-methyl/N-ethyl adjacent to an activating group) is 2. The molecule has 1 atom stereocenters. The van der Waals surface area contributed by atoms with Crippen molar-refractivity contribution in [3.63, 3.8) is 0 Å². The summed E-state index contributed by atoms with van der Waals surface area (Å²) in [6.45, 7) is 26.1. The van der Waals surface area contributed by atoms with Crippen LogP contribution in [-0.2, 0) is 38.0 Å². The van der Waals surface area contributed by atoms with Crippen molar-refractivity contribution < 1.29 is 38.0 Å². The molecule has 0 radical (unpaired) electrons. The van der Waals surface area contributed by atoms with Crippen molar-refractivity contribution in [3.8, 4) is 0 Å². The molecule has 1 unspecified atom stereocenters. The zero-order chi connectivity index (χ0) is 29.7. The van der Waals surface area contributed by atoms with Crippen LogP contribution in [0.1, 0.15) is 77.2 Å². The summed E-state index contributed by atoms with van der Waals surface area (Å²) in [4.78, 5) is 29.1. The van der Waals surface area contributed by atoms with Gasteiger partial charge in [0.05, 0.1) is 63.2 Å². The smallest absolute Gasteiger partial charge is 0.313 e. The summed E-state index contributed by atoms with van der Waals surface area (Å²) < 4.78 is 33.5. The number of carbonyl (C=O) groups is 2. The van der Waals surface area contributed by atoms with Crippen LogP contribution in [0, 0.1) is 10.8 Å². The molecule has 0 amide bonds. The van der Waals surface area contributed by atoms with Gasteiger partial charge in [-0.1, -0.05) is 42.5 Å². The van der Waals surface area contributed by atoms with Gasteiger partial charge < -0.3 is 38.2 Å². The Labute approximate surface area is 252 Å². The second kappa shape index (κ2) is 25.2. The van der Waals surface area contributed by atoms with Gasteiger partial charge in [0.25, 0.3) is 0 Å². The van der Waals surface area contributed by atoms with E-state index >= 15 is 0 Å². The highest BCUT2D eigenvalue weighted by molar-refractivity contribution is 5.76. The Balaban J connectivity index is -0.00000722. The van der Waals surface area contributed by atoms with E-state index in [0.717, 1.165) is 39.3 Å². The van der Waals surface area contributed by atoms with Gasteiger partial charge >= 0.3 is 11.9 Å². The zero-order valence-corrected chi connectivity index (χ0v) is 26.3. The number of ether oxygens (including phenoxy) is 6. The van der Waals surface area contributed by atoms with E-state index in [1.807, 2.05) is 34.6 Å². The van der Waals surface area contributed by atoms with Crippen LogP contribution in [0.5, 0.6) is 0 Å². The Hall–Kier alpha value is -1.30. The van der Waals surface area contributed by atoms with Crippen LogP contribution < -0.4 is 0 Å². The van der Waals surface area contributed by atoms with Gasteiger partial charge in [0.1, 0.15) is 13.2 Å². The molecule has 0 rings (SSSR count). The molecule has 0 N–H and O–H groups in total. The Bertz CT molecular complexity index is 638. The van der Waals surface area contributed by atoms with Gasteiger partial charge in [-0.15, -0.1) is 0 Å². The first-order chi connectivity index (χ1) is 18.4. The van der Waals surface area contributed by atoms with Crippen molar-refractivity contribution in [2.45, 2.75) is 83.3 Å². The lowest BCUT2D eigenvalue weighted by molar-refractivity contribution is -0.159. The van der Waals surface area contributed by atoms with Gasteiger partial charge in [-0.3, -0.25) is 9.59 Å². The first-order valence-corrected chi connectivity index (χ1v) is 14.6. The molecule has 0 aromatic carbocycles. The number of nitrogens with zero attached hydrogens (tertiary/aromatic N) is 2. The van der Waals surface area contributed by atoms with Gasteiger partial charge in [0.2, 0.25) is 0 Å². The lowest BCUT2D eigenvalue weighted by atomic mass is 9.95. The van der Waals surface area contributed by atoms with E-state index in [9.17, 15) is 9.59 Å². The van der Waals surface area contributed by atoms with Crippen molar-refractivity contribution in [3.05, 3.63) is 0 Å². The van der Waals surface area contributed by atoms with E-state index in [4.69, 9.17) is 28.4 Å². The standard InChI is InChI=1S/C29H58N2O8.2CH4/c1-10-30(11-2)14-16-38-26(32)28(6,7)23-35-19-18-34-22-25(5)37-21-20-36-24-29(8,9)27(33)39-17-15-31(12-3)13-4;;/h25H,10-24H2,1-9H3;2*1H4. The summed E-state index contributed by atoms with van der Waals surface area (Å²) >= 11 is 0. The molecule has 0 spiro atoms. The number of hydrogen-bond donors (Lipinski definition) is 0. The number of rotatable bonds is 25. The minimum atomic E-state index is -0.714. The Morgan fingerprint density at radius 3 is 1.37 bits per heavy atom. The van der Waals surface area contributed by atoms with E-state index < -0.39 is 10.8 Å². The second-order valence-electron chi connectivity index (χ2n) is 11.0. The highest BCUT2D eigenvalue weighted by atomic mass is 16.6. The van der Waals surface area contributed by atoms with Crippen LogP contribution in [-0.4, -0.2) is 127 Å². The van der Waals surface area contributed by atoms with Crippen molar-refractivity contribution >= 4 is 11.9 Å². The van der Waals surface area contributed by atoms with Gasteiger partial charge in [0.15, 0.2) is 0 Å². The van der Waals surface area contributed by atoms with E-state index in [-0.39, 0.29) is 46.1 Å². The largest absolute Gasteiger partial charge is 0.464 e.